The second-order valence-corrected chi connectivity index (χ2v) is 14.5. The standard InChI is InChI=1S/C54H36N2O/c1-2-12-42(13-3-1)55(43-31-26-38(27-32-43)37-22-24-39(25-23-37)41-30-35-49-48-17-7-11-21-53(48)57-54(49)36-41)44-33-28-40(29-34-44)45-14-4-8-18-50(45)56-51-19-9-5-15-46(51)47-16-6-10-20-52(47)56/h1-36H. The maximum Gasteiger partial charge on any atom is 0.136 e. The van der Waals surface area contributed by atoms with Crippen molar-refractivity contribution in [1.29, 1.82) is 0 Å². The van der Waals surface area contributed by atoms with Crippen molar-refractivity contribution in [2.24, 2.45) is 0 Å². The molecular formula is C54H36N2O. The Balaban J connectivity index is 0.906. The first-order valence-electron chi connectivity index (χ1n) is 19.4. The molecule has 0 saturated carbocycles. The fourth-order valence-corrected chi connectivity index (χ4v) is 8.47. The summed E-state index contributed by atoms with van der Waals surface area (Å²) in [6.07, 6.45) is 0. The van der Waals surface area contributed by atoms with Crippen LogP contribution in [0.1, 0.15) is 0 Å². The van der Waals surface area contributed by atoms with Crippen LogP contribution in [0.15, 0.2) is 223 Å². The molecule has 3 nitrogen and oxygen atoms in total. The molecule has 2 aromatic heterocycles. The molecule has 0 aliphatic rings. The Morgan fingerprint density at radius 1 is 0.316 bits per heavy atom. The third-order valence-electron chi connectivity index (χ3n) is 11.2. The second-order valence-electron chi connectivity index (χ2n) is 14.5. The highest BCUT2D eigenvalue weighted by Gasteiger charge is 2.17. The summed E-state index contributed by atoms with van der Waals surface area (Å²) in [5.41, 5.74) is 15.7. The smallest absolute Gasteiger partial charge is 0.136 e. The molecule has 0 N–H and O–H groups in total. The summed E-state index contributed by atoms with van der Waals surface area (Å²) < 4.78 is 8.57. The zero-order chi connectivity index (χ0) is 37.7. The normalized spacial score (nSPS) is 11.5. The lowest BCUT2D eigenvalue weighted by Crippen LogP contribution is -2.09. The lowest BCUT2D eigenvalue weighted by atomic mass is 9.99. The van der Waals surface area contributed by atoms with E-state index < -0.39 is 0 Å². The van der Waals surface area contributed by atoms with E-state index in [9.17, 15) is 0 Å². The highest BCUT2D eigenvalue weighted by molar-refractivity contribution is 6.10. The molecule has 11 aromatic rings. The van der Waals surface area contributed by atoms with Gasteiger partial charge in [-0.25, -0.2) is 0 Å². The van der Waals surface area contributed by atoms with Gasteiger partial charge in [0.25, 0.3) is 0 Å². The highest BCUT2D eigenvalue weighted by atomic mass is 16.3. The van der Waals surface area contributed by atoms with Crippen LogP contribution >= 0.6 is 0 Å². The number of para-hydroxylation sites is 5. The molecule has 11 rings (SSSR count). The van der Waals surface area contributed by atoms with Crippen LogP contribution in [0, 0.1) is 0 Å². The molecule has 0 radical (unpaired) electrons. The Hall–Kier alpha value is -7.62. The molecule has 0 aliphatic heterocycles. The van der Waals surface area contributed by atoms with Crippen LogP contribution in [0.5, 0.6) is 0 Å². The number of fused-ring (bicyclic) bond motifs is 6. The molecule has 0 unspecified atom stereocenters. The third-order valence-corrected chi connectivity index (χ3v) is 11.2. The fourth-order valence-electron chi connectivity index (χ4n) is 8.47. The average molecular weight is 729 g/mol. The third kappa shape index (κ3) is 5.68. The van der Waals surface area contributed by atoms with E-state index in [0.29, 0.717) is 0 Å². The number of aromatic nitrogens is 1. The van der Waals surface area contributed by atoms with Crippen LogP contribution in [-0.2, 0) is 0 Å². The molecule has 0 atom stereocenters. The van der Waals surface area contributed by atoms with Crippen LogP contribution in [-0.4, -0.2) is 4.57 Å². The van der Waals surface area contributed by atoms with Gasteiger partial charge in [0.2, 0.25) is 0 Å². The van der Waals surface area contributed by atoms with E-state index in [1.807, 2.05) is 12.1 Å². The van der Waals surface area contributed by atoms with Gasteiger partial charge in [0.05, 0.1) is 16.7 Å². The number of anilines is 3. The number of benzene rings is 9. The first-order chi connectivity index (χ1) is 28.3. The minimum atomic E-state index is 0.912. The molecule has 0 amide bonds. The predicted molar refractivity (Wildman–Crippen MR) is 239 cm³/mol. The number of hydrogen-bond acceptors (Lipinski definition) is 2. The molecule has 0 bridgehead atoms. The maximum atomic E-state index is 6.17. The van der Waals surface area contributed by atoms with Crippen LogP contribution in [0.4, 0.5) is 17.1 Å². The van der Waals surface area contributed by atoms with Gasteiger partial charge in [-0.2, -0.15) is 0 Å². The summed E-state index contributed by atoms with van der Waals surface area (Å²) in [5, 5.41) is 4.82. The van der Waals surface area contributed by atoms with E-state index in [0.717, 1.165) is 50.1 Å². The van der Waals surface area contributed by atoms with Crippen molar-refractivity contribution in [3.8, 4) is 39.1 Å². The quantitative estimate of drug-likeness (QED) is 0.163. The van der Waals surface area contributed by atoms with E-state index in [1.54, 1.807) is 0 Å². The molecule has 268 valence electrons. The predicted octanol–water partition coefficient (Wildman–Crippen LogP) is 15.2. The Labute approximate surface area is 330 Å². The average Bonchev–Trinajstić information content (AvgIpc) is 3.83. The number of furan rings is 1. The monoisotopic (exact) mass is 728 g/mol. The molecule has 0 spiro atoms. The summed E-state index contributed by atoms with van der Waals surface area (Å²) in [4.78, 5) is 2.32. The molecule has 57 heavy (non-hydrogen) atoms. The summed E-state index contributed by atoms with van der Waals surface area (Å²) >= 11 is 0. The van der Waals surface area contributed by atoms with Gasteiger partial charge in [0.1, 0.15) is 11.2 Å². The topological polar surface area (TPSA) is 21.3 Å². The summed E-state index contributed by atoms with van der Waals surface area (Å²) in [5.74, 6) is 0. The van der Waals surface area contributed by atoms with Gasteiger partial charge in [-0.05, 0) is 101 Å². The van der Waals surface area contributed by atoms with E-state index >= 15 is 0 Å². The Morgan fingerprint density at radius 2 is 0.772 bits per heavy atom. The zero-order valence-electron chi connectivity index (χ0n) is 31.1. The molecule has 9 aromatic carbocycles. The molecule has 3 heteroatoms. The summed E-state index contributed by atoms with van der Waals surface area (Å²) in [7, 11) is 0. The minimum absolute atomic E-state index is 0.912. The number of nitrogens with zero attached hydrogens (tertiary/aromatic N) is 2. The van der Waals surface area contributed by atoms with Gasteiger partial charge in [0.15, 0.2) is 0 Å². The Kier molecular flexibility index (Phi) is 7.82. The Bertz CT molecular complexity index is 3160. The fraction of sp³-hybridized carbons (Fsp3) is 0. The van der Waals surface area contributed by atoms with Gasteiger partial charge in [0, 0.05) is 44.2 Å². The van der Waals surface area contributed by atoms with Gasteiger partial charge in [-0.15, -0.1) is 0 Å². The van der Waals surface area contributed by atoms with Crippen molar-refractivity contribution >= 4 is 60.8 Å². The van der Waals surface area contributed by atoms with Crippen molar-refractivity contribution in [1.82, 2.24) is 4.57 Å². The first-order valence-corrected chi connectivity index (χ1v) is 19.4. The van der Waals surface area contributed by atoms with E-state index in [4.69, 9.17) is 4.42 Å². The van der Waals surface area contributed by atoms with Crippen molar-refractivity contribution < 1.29 is 4.42 Å². The van der Waals surface area contributed by atoms with E-state index in [2.05, 4.69) is 216 Å². The minimum Gasteiger partial charge on any atom is -0.456 e. The van der Waals surface area contributed by atoms with Crippen LogP contribution < -0.4 is 4.90 Å². The van der Waals surface area contributed by atoms with E-state index in [-0.39, 0.29) is 0 Å². The number of hydrogen-bond donors (Lipinski definition) is 0. The summed E-state index contributed by atoms with van der Waals surface area (Å²) in [6.45, 7) is 0. The highest BCUT2D eigenvalue weighted by Crippen LogP contribution is 2.40. The van der Waals surface area contributed by atoms with Crippen LogP contribution in [0.2, 0.25) is 0 Å². The van der Waals surface area contributed by atoms with Gasteiger partial charge in [-0.3, -0.25) is 0 Å². The lowest BCUT2D eigenvalue weighted by Gasteiger charge is -2.26. The van der Waals surface area contributed by atoms with Gasteiger partial charge in [-0.1, -0.05) is 146 Å². The maximum absolute atomic E-state index is 6.17. The van der Waals surface area contributed by atoms with Crippen molar-refractivity contribution in [3.63, 3.8) is 0 Å². The second kappa shape index (κ2) is 13.6. The molecule has 0 aliphatic carbocycles. The molecule has 0 saturated heterocycles. The van der Waals surface area contributed by atoms with Crippen LogP contribution in [0.3, 0.4) is 0 Å². The van der Waals surface area contributed by atoms with Gasteiger partial charge >= 0.3 is 0 Å². The summed E-state index contributed by atoms with van der Waals surface area (Å²) in [6, 6.07) is 78.1. The largest absolute Gasteiger partial charge is 0.456 e. The number of rotatable bonds is 7. The van der Waals surface area contributed by atoms with Crippen LogP contribution in [0.25, 0.3) is 82.8 Å². The first kappa shape index (κ1) is 32.8. The molecule has 0 fully saturated rings. The van der Waals surface area contributed by atoms with Gasteiger partial charge < -0.3 is 13.9 Å². The van der Waals surface area contributed by atoms with Crippen molar-refractivity contribution in [3.05, 3.63) is 218 Å². The van der Waals surface area contributed by atoms with E-state index in [1.165, 1.54) is 49.7 Å². The lowest BCUT2D eigenvalue weighted by molar-refractivity contribution is 0.669. The van der Waals surface area contributed by atoms with Crippen molar-refractivity contribution in [2.75, 3.05) is 4.90 Å². The molecular weight excluding hydrogens is 693 g/mol. The zero-order valence-corrected chi connectivity index (χ0v) is 31.1. The SMILES string of the molecule is c1ccc(N(c2ccc(-c3ccc(-c4ccc5c(c4)oc4ccccc45)cc3)cc2)c2ccc(-c3ccccc3-n3c4ccccc4c4ccccc43)cc2)cc1. The Morgan fingerprint density at radius 3 is 1.44 bits per heavy atom. The van der Waals surface area contributed by atoms with Crippen molar-refractivity contribution in [2.45, 2.75) is 0 Å². The molecule has 2 heterocycles.